The molecule has 0 saturated heterocycles. The summed E-state index contributed by atoms with van der Waals surface area (Å²) < 4.78 is 23.4. The standard InChI is InChI=1S/C24H23Cl2FN6O/c1-11(2)34-21-15(12(3)24-32-22(26)20-23(29)30-7-8-33(20)24)9-16(25)19(27)18(21)14-5-6-17(13(4)28)31-10-14/h5-12H,4,28H2,1-3H3,(H2,29,30)/t12-/m0/s1. The Morgan fingerprint density at radius 1 is 1.21 bits per heavy atom. The van der Waals surface area contributed by atoms with E-state index in [0.29, 0.717) is 39.6 Å². The summed E-state index contributed by atoms with van der Waals surface area (Å²) in [6, 6.07) is 4.91. The summed E-state index contributed by atoms with van der Waals surface area (Å²) in [4.78, 5) is 12.9. The summed E-state index contributed by atoms with van der Waals surface area (Å²) in [5.74, 6) is 0.143. The summed E-state index contributed by atoms with van der Waals surface area (Å²) in [7, 11) is 0. The molecule has 0 bridgehead atoms. The zero-order valence-electron chi connectivity index (χ0n) is 18.8. The minimum Gasteiger partial charge on any atom is -0.490 e. The third kappa shape index (κ3) is 4.15. The van der Waals surface area contributed by atoms with Crippen molar-refractivity contribution in [3.05, 3.63) is 76.4 Å². The van der Waals surface area contributed by atoms with E-state index in [-0.39, 0.29) is 27.7 Å². The van der Waals surface area contributed by atoms with Crippen LogP contribution in [0.4, 0.5) is 10.2 Å². The van der Waals surface area contributed by atoms with Gasteiger partial charge in [0.15, 0.2) is 16.8 Å². The molecule has 0 unspecified atom stereocenters. The third-order valence-corrected chi connectivity index (χ3v) is 5.90. The van der Waals surface area contributed by atoms with E-state index in [1.54, 1.807) is 35.0 Å². The van der Waals surface area contributed by atoms with E-state index < -0.39 is 11.7 Å². The van der Waals surface area contributed by atoms with Crippen molar-refractivity contribution in [2.24, 2.45) is 5.73 Å². The molecule has 0 radical (unpaired) electrons. The van der Waals surface area contributed by atoms with Gasteiger partial charge in [0.25, 0.3) is 0 Å². The van der Waals surface area contributed by atoms with Crippen molar-refractivity contribution in [3.8, 4) is 16.9 Å². The third-order valence-electron chi connectivity index (χ3n) is 5.36. The van der Waals surface area contributed by atoms with Crippen molar-refractivity contribution < 1.29 is 9.13 Å². The number of ether oxygens (including phenoxy) is 1. The predicted octanol–water partition coefficient (Wildman–Crippen LogP) is 5.69. The first-order valence-electron chi connectivity index (χ1n) is 10.5. The fourth-order valence-corrected chi connectivity index (χ4v) is 4.28. The summed E-state index contributed by atoms with van der Waals surface area (Å²) in [5.41, 5.74) is 14.3. The van der Waals surface area contributed by atoms with Gasteiger partial charge in [-0.1, -0.05) is 42.8 Å². The monoisotopic (exact) mass is 500 g/mol. The smallest absolute Gasteiger partial charge is 0.158 e. The van der Waals surface area contributed by atoms with E-state index in [1.165, 1.54) is 6.20 Å². The summed E-state index contributed by atoms with van der Waals surface area (Å²) in [6.45, 7) is 9.31. The highest BCUT2D eigenvalue weighted by Crippen LogP contribution is 2.44. The van der Waals surface area contributed by atoms with Crippen LogP contribution in [0.5, 0.6) is 5.75 Å². The van der Waals surface area contributed by atoms with E-state index in [2.05, 4.69) is 21.5 Å². The number of halogens is 3. The van der Waals surface area contributed by atoms with Crippen molar-refractivity contribution in [2.75, 3.05) is 5.73 Å². The zero-order chi connectivity index (χ0) is 24.7. The molecule has 7 nitrogen and oxygen atoms in total. The van der Waals surface area contributed by atoms with Gasteiger partial charge in [0.1, 0.15) is 17.1 Å². The molecule has 0 aliphatic carbocycles. The van der Waals surface area contributed by atoms with Crippen LogP contribution in [0, 0.1) is 5.82 Å². The highest BCUT2D eigenvalue weighted by Gasteiger charge is 2.28. The number of fused-ring (bicyclic) bond motifs is 1. The van der Waals surface area contributed by atoms with Crippen LogP contribution < -0.4 is 16.2 Å². The molecule has 0 aliphatic heterocycles. The number of nitrogens with two attached hydrogens (primary N) is 2. The number of hydrogen-bond acceptors (Lipinski definition) is 6. The van der Waals surface area contributed by atoms with Crippen LogP contribution in [0.3, 0.4) is 0 Å². The van der Waals surface area contributed by atoms with E-state index >= 15 is 4.39 Å². The molecule has 4 N–H and O–H groups in total. The number of anilines is 1. The number of pyridine rings is 1. The molecule has 1 aromatic carbocycles. The Morgan fingerprint density at radius 3 is 2.56 bits per heavy atom. The van der Waals surface area contributed by atoms with Crippen molar-refractivity contribution in [1.29, 1.82) is 0 Å². The molecule has 3 heterocycles. The van der Waals surface area contributed by atoms with Crippen LogP contribution in [-0.2, 0) is 0 Å². The van der Waals surface area contributed by atoms with Crippen LogP contribution in [0.2, 0.25) is 10.2 Å². The summed E-state index contributed by atoms with van der Waals surface area (Å²) in [5, 5.41) is 0.155. The lowest BCUT2D eigenvalue weighted by Gasteiger charge is -2.23. The maximum Gasteiger partial charge on any atom is 0.158 e. The van der Waals surface area contributed by atoms with Gasteiger partial charge < -0.3 is 16.2 Å². The highest BCUT2D eigenvalue weighted by atomic mass is 35.5. The molecule has 4 aromatic rings. The Balaban J connectivity index is 1.96. The van der Waals surface area contributed by atoms with Gasteiger partial charge >= 0.3 is 0 Å². The van der Waals surface area contributed by atoms with Gasteiger partial charge in [-0.05, 0) is 26.0 Å². The Kier molecular flexibility index (Phi) is 6.38. The van der Waals surface area contributed by atoms with E-state index in [9.17, 15) is 0 Å². The molecule has 3 aromatic heterocycles. The van der Waals surface area contributed by atoms with Gasteiger partial charge in [-0.25, -0.2) is 14.4 Å². The van der Waals surface area contributed by atoms with Gasteiger partial charge in [-0.3, -0.25) is 9.38 Å². The summed E-state index contributed by atoms with van der Waals surface area (Å²) in [6.07, 6.45) is 4.54. The second-order valence-corrected chi connectivity index (χ2v) is 8.87. The fraction of sp³-hybridized carbons (Fsp3) is 0.208. The van der Waals surface area contributed by atoms with Crippen LogP contribution in [-0.4, -0.2) is 25.5 Å². The molecule has 0 amide bonds. The van der Waals surface area contributed by atoms with Gasteiger partial charge in [-0.15, -0.1) is 0 Å². The Morgan fingerprint density at radius 2 is 1.94 bits per heavy atom. The van der Waals surface area contributed by atoms with Gasteiger partial charge in [0.2, 0.25) is 0 Å². The number of hydrogen-bond donors (Lipinski definition) is 2. The highest BCUT2D eigenvalue weighted by molar-refractivity contribution is 6.33. The SMILES string of the molecule is C=C(N)c1ccc(-c2c(F)c(Cl)cc([C@H](C)c3nc(Cl)c4c(N)nccn34)c2OC(C)C)cn1. The topological polar surface area (TPSA) is 104 Å². The quantitative estimate of drug-likeness (QED) is 0.352. The first kappa shape index (κ1) is 23.8. The lowest BCUT2D eigenvalue weighted by molar-refractivity contribution is 0.239. The van der Waals surface area contributed by atoms with Crippen molar-refractivity contribution >= 4 is 40.2 Å². The molecule has 1 atom stereocenters. The lowest BCUT2D eigenvalue weighted by atomic mass is 9.93. The van der Waals surface area contributed by atoms with Crippen molar-refractivity contribution in [2.45, 2.75) is 32.8 Å². The van der Waals surface area contributed by atoms with Crippen molar-refractivity contribution in [3.63, 3.8) is 0 Å². The van der Waals surface area contributed by atoms with E-state index in [4.69, 9.17) is 39.4 Å². The first-order valence-corrected chi connectivity index (χ1v) is 11.2. The molecular weight excluding hydrogens is 478 g/mol. The molecule has 0 fully saturated rings. The van der Waals surface area contributed by atoms with Crippen molar-refractivity contribution in [1.82, 2.24) is 19.4 Å². The maximum absolute atomic E-state index is 15.5. The van der Waals surface area contributed by atoms with Gasteiger partial charge in [0.05, 0.1) is 28.1 Å². The Bertz CT molecular complexity index is 1400. The molecule has 0 spiro atoms. The first-order chi connectivity index (χ1) is 16.1. The average molecular weight is 501 g/mol. The molecule has 10 heteroatoms. The minimum absolute atomic E-state index is 0.0617. The number of nitrogen functional groups attached to an aromatic ring is 1. The predicted molar refractivity (Wildman–Crippen MR) is 134 cm³/mol. The van der Waals surface area contributed by atoms with Crippen LogP contribution >= 0.6 is 23.2 Å². The number of nitrogens with zero attached hydrogens (tertiary/aromatic N) is 4. The molecular formula is C24H23Cl2FN6O. The molecule has 0 saturated carbocycles. The van der Waals surface area contributed by atoms with Crippen LogP contribution in [0.15, 0.2) is 43.4 Å². The Hall–Kier alpha value is -3.36. The van der Waals surface area contributed by atoms with Gasteiger partial charge in [-0.2, -0.15) is 0 Å². The maximum atomic E-state index is 15.5. The molecule has 0 aliphatic rings. The fourth-order valence-electron chi connectivity index (χ4n) is 3.79. The average Bonchev–Trinajstić information content (AvgIpc) is 3.13. The number of rotatable bonds is 6. The second kappa shape index (κ2) is 9.12. The normalized spacial score (nSPS) is 12.3. The number of aromatic nitrogens is 4. The van der Waals surface area contributed by atoms with E-state index in [1.807, 2.05) is 20.8 Å². The molecule has 4 rings (SSSR count). The second-order valence-electron chi connectivity index (χ2n) is 8.10. The Labute approximate surface area is 206 Å². The lowest BCUT2D eigenvalue weighted by Crippen LogP contribution is -2.13. The molecule has 34 heavy (non-hydrogen) atoms. The van der Waals surface area contributed by atoms with Crippen LogP contribution in [0.1, 0.15) is 43.8 Å². The summed E-state index contributed by atoms with van der Waals surface area (Å²) >= 11 is 12.7. The largest absolute Gasteiger partial charge is 0.490 e. The minimum atomic E-state index is -0.617. The van der Waals surface area contributed by atoms with E-state index in [0.717, 1.165) is 0 Å². The molecule has 176 valence electrons. The number of imidazole rings is 1. The van der Waals surface area contributed by atoms with Crippen LogP contribution in [0.25, 0.3) is 22.3 Å². The number of benzene rings is 1. The zero-order valence-corrected chi connectivity index (χ0v) is 20.3. The van der Waals surface area contributed by atoms with Gasteiger partial charge in [0, 0.05) is 35.6 Å².